The van der Waals surface area contributed by atoms with Gasteiger partial charge in [0.15, 0.2) is 0 Å². The number of nitrogens with zero attached hydrogens (tertiary/aromatic N) is 2. The van der Waals surface area contributed by atoms with Gasteiger partial charge in [0.2, 0.25) is 0 Å². The van der Waals surface area contributed by atoms with Crippen molar-refractivity contribution < 1.29 is 0 Å². The summed E-state index contributed by atoms with van der Waals surface area (Å²) in [6.45, 7) is 4.93. The number of hydrogen-bond donors (Lipinski definition) is 0. The monoisotopic (exact) mass is 376 g/mol. The molecular weight excluding hydrogens is 356 g/mol. The molecule has 2 nitrogen and oxygen atoms in total. The largest absolute Gasteiger partial charge is 0.309 e. The number of rotatable bonds is 1. The molecule has 0 bridgehead atoms. The van der Waals surface area contributed by atoms with E-state index in [1.807, 2.05) is 6.20 Å². The van der Waals surface area contributed by atoms with Crippen LogP contribution in [0.5, 0.6) is 0 Å². The van der Waals surface area contributed by atoms with Crippen LogP contribution in [0.15, 0.2) is 85.1 Å². The fourth-order valence-corrected chi connectivity index (χ4v) is 7.99. The van der Waals surface area contributed by atoms with E-state index in [0.29, 0.717) is 0 Å². The second-order valence-electron chi connectivity index (χ2n) is 8.09. The Hall–Kier alpha value is -3.17. The fourth-order valence-electron chi connectivity index (χ4n) is 4.95. The summed E-state index contributed by atoms with van der Waals surface area (Å²) in [7, 11) is -1.75. The SMILES string of the molecule is C[Si]1(C)c2cccc3c2-c2c1ccnc2-c1ccccc1N3c1ccccc1. The molecular formula is C25H20N2Si. The van der Waals surface area contributed by atoms with E-state index in [4.69, 9.17) is 4.98 Å². The number of para-hydroxylation sites is 2. The predicted octanol–water partition coefficient (Wildman–Crippen LogP) is 5.33. The van der Waals surface area contributed by atoms with E-state index in [0.717, 1.165) is 5.69 Å². The zero-order valence-corrected chi connectivity index (χ0v) is 17.0. The molecule has 1 aromatic heterocycles. The maximum Gasteiger partial charge on any atom is 0.114 e. The number of benzene rings is 3. The Bertz CT molecular complexity index is 1240. The van der Waals surface area contributed by atoms with Gasteiger partial charge in [-0.3, -0.25) is 4.98 Å². The van der Waals surface area contributed by atoms with Crippen LogP contribution >= 0.6 is 0 Å². The summed E-state index contributed by atoms with van der Waals surface area (Å²) in [4.78, 5) is 7.32. The van der Waals surface area contributed by atoms with Crippen LogP contribution in [0, 0.1) is 0 Å². The molecule has 0 aliphatic carbocycles. The van der Waals surface area contributed by atoms with Crippen molar-refractivity contribution in [3.05, 3.63) is 85.1 Å². The third-order valence-corrected chi connectivity index (χ3v) is 9.77. The van der Waals surface area contributed by atoms with Crippen LogP contribution in [0.2, 0.25) is 13.1 Å². The van der Waals surface area contributed by atoms with Crippen molar-refractivity contribution >= 4 is 35.5 Å². The lowest BCUT2D eigenvalue weighted by Gasteiger charge is -2.28. The van der Waals surface area contributed by atoms with E-state index in [2.05, 4.69) is 96.9 Å². The quantitative estimate of drug-likeness (QED) is 0.367. The van der Waals surface area contributed by atoms with E-state index in [-0.39, 0.29) is 0 Å². The lowest BCUT2D eigenvalue weighted by atomic mass is 9.99. The molecule has 6 rings (SSSR count). The summed E-state index contributed by atoms with van der Waals surface area (Å²) < 4.78 is 0. The Morgan fingerprint density at radius 3 is 2.25 bits per heavy atom. The third kappa shape index (κ3) is 1.89. The van der Waals surface area contributed by atoms with Gasteiger partial charge in [-0.15, -0.1) is 0 Å². The molecule has 2 aliphatic heterocycles. The summed E-state index contributed by atoms with van der Waals surface area (Å²) in [6, 6.07) is 28.5. The van der Waals surface area contributed by atoms with Gasteiger partial charge in [0.25, 0.3) is 0 Å². The highest BCUT2D eigenvalue weighted by Gasteiger charge is 2.43. The van der Waals surface area contributed by atoms with Gasteiger partial charge in [-0.1, -0.05) is 61.6 Å². The van der Waals surface area contributed by atoms with Gasteiger partial charge in [-0.2, -0.15) is 0 Å². The minimum Gasteiger partial charge on any atom is -0.309 e. The van der Waals surface area contributed by atoms with E-state index >= 15 is 0 Å². The van der Waals surface area contributed by atoms with Crippen LogP contribution in [-0.2, 0) is 0 Å². The molecule has 3 heterocycles. The number of pyridine rings is 1. The van der Waals surface area contributed by atoms with Crippen molar-refractivity contribution in [1.29, 1.82) is 0 Å². The number of hydrogen-bond acceptors (Lipinski definition) is 2. The third-order valence-electron chi connectivity index (χ3n) is 6.25. The molecule has 3 heteroatoms. The van der Waals surface area contributed by atoms with E-state index in [9.17, 15) is 0 Å². The van der Waals surface area contributed by atoms with Gasteiger partial charge in [0, 0.05) is 28.6 Å². The van der Waals surface area contributed by atoms with E-state index < -0.39 is 8.07 Å². The van der Waals surface area contributed by atoms with E-state index in [1.165, 1.54) is 44.1 Å². The first-order valence-electron chi connectivity index (χ1n) is 9.76. The fraction of sp³-hybridized carbons (Fsp3) is 0.0800. The molecule has 3 aromatic carbocycles. The number of fused-ring (bicyclic) bond motifs is 2. The maximum absolute atomic E-state index is 4.90. The zero-order valence-electron chi connectivity index (χ0n) is 16.0. The number of aromatic nitrogens is 1. The highest BCUT2D eigenvalue weighted by atomic mass is 28.3. The van der Waals surface area contributed by atoms with Crippen LogP contribution in [0.1, 0.15) is 0 Å². The molecule has 0 saturated heterocycles. The van der Waals surface area contributed by atoms with Crippen LogP contribution < -0.4 is 15.3 Å². The van der Waals surface area contributed by atoms with Crippen molar-refractivity contribution in [3.63, 3.8) is 0 Å². The molecule has 0 fully saturated rings. The van der Waals surface area contributed by atoms with E-state index in [1.54, 1.807) is 0 Å². The lowest BCUT2D eigenvalue weighted by molar-refractivity contribution is 1.29. The summed E-state index contributed by atoms with van der Waals surface area (Å²) in [5.74, 6) is 0. The van der Waals surface area contributed by atoms with Crippen molar-refractivity contribution in [2.45, 2.75) is 13.1 Å². The maximum atomic E-state index is 4.90. The lowest BCUT2D eigenvalue weighted by Crippen LogP contribution is -2.49. The minimum atomic E-state index is -1.75. The average Bonchev–Trinajstić information content (AvgIpc) is 2.89. The molecule has 0 amide bonds. The Morgan fingerprint density at radius 2 is 1.39 bits per heavy atom. The van der Waals surface area contributed by atoms with Gasteiger partial charge < -0.3 is 4.90 Å². The highest BCUT2D eigenvalue weighted by Crippen LogP contribution is 2.50. The number of anilines is 3. The normalized spacial score (nSPS) is 15.0. The molecule has 0 saturated carbocycles. The van der Waals surface area contributed by atoms with Crippen LogP contribution in [-0.4, -0.2) is 13.1 Å². The summed E-state index contributed by atoms with van der Waals surface area (Å²) >= 11 is 0. The molecule has 0 radical (unpaired) electrons. The summed E-state index contributed by atoms with van der Waals surface area (Å²) in [6.07, 6.45) is 2.00. The Labute approximate surface area is 166 Å². The second-order valence-corrected chi connectivity index (χ2v) is 12.4. The van der Waals surface area contributed by atoms with Crippen LogP contribution in [0.4, 0.5) is 17.1 Å². The predicted molar refractivity (Wildman–Crippen MR) is 120 cm³/mol. The molecule has 134 valence electrons. The smallest absolute Gasteiger partial charge is 0.114 e. The van der Waals surface area contributed by atoms with Gasteiger partial charge in [0.05, 0.1) is 17.1 Å². The summed E-state index contributed by atoms with van der Waals surface area (Å²) in [5.41, 5.74) is 8.71. The molecule has 0 unspecified atom stereocenters. The van der Waals surface area contributed by atoms with Crippen molar-refractivity contribution in [2.75, 3.05) is 4.90 Å². The minimum absolute atomic E-state index is 1.12. The van der Waals surface area contributed by atoms with Crippen molar-refractivity contribution in [2.24, 2.45) is 0 Å². The first-order chi connectivity index (χ1) is 13.7. The molecule has 0 atom stereocenters. The summed E-state index contributed by atoms with van der Waals surface area (Å²) in [5, 5.41) is 3.02. The second kappa shape index (κ2) is 5.43. The Balaban J connectivity index is 1.83. The Morgan fingerprint density at radius 1 is 0.679 bits per heavy atom. The van der Waals surface area contributed by atoms with Crippen molar-refractivity contribution in [3.8, 4) is 22.4 Å². The molecule has 4 aromatic rings. The standard InChI is InChI=1S/C25H20N2Si/c1-28(2)21-14-8-13-20-23(21)24-22(28)15-16-26-25(24)18-11-6-7-12-19(18)27(20)17-9-4-3-5-10-17/h3-16H,1-2H3. The van der Waals surface area contributed by atoms with Crippen molar-refractivity contribution in [1.82, 2.24) is 4.98 Å². The van der Waals surface area contributed by atoms with Crippen LogP contribution in [0.3, 0.4) is 0 Å². The van der Waals surface area contributed by atoms with Gasteiger partial charge in [-0.25, -0.2) is 0 Å². The average molecular weight is 377 g/mol. The first-order valence-corrected chi connectivity index (χ1v) is 12.8. The van der Waals surface area contributed by atoms with Gasteiger partial charge in [-0.05, 0) is 40.7 Å². The van der Waals surface area contributed by atoms with Gasteiger partial charge in [0.1, 0.15) is 8.07 Å². The zero-order chi connectivity index (χ0) is 18.9. The van der Waals surface area contributed by atoms with Crippen LogP contribution in [0.25, 0.3) is 22.4 Å². The molecule has 0 N–H and O–H groups in total. The molecule has 2 aliphatic rings. The van der Waals surface area contributed by atoms with Gasteiger partial charge >= 0.3 is 0 Å². The Kier molecular flexibility index (Phi) is 3.07. The topological polar surface area (TPSA) is 16.1 Å². The molecule has 28 heavy (non-hydrogen) atoms. The first kappa shape index (κ1) is 15.8. The molecule has 0 spiro atoms. The highest BCUT2D eigenvalue weighted by molar-refractivity contribution is 7.04.